The van der Waals surface area contributed by atoms with Gasteiger partial charge >= 0.3 is 6.03 Å². The van der Waals surface area contributed by atoms with Crippen molar-refractivity contribution < 1.29 is 4.79 Å². The fraction of sp³-hybridized carbons (Fsp3) is 0.350. The first-order chi connectivity index (χ1) is 10.9. The zero-order valence-corrected chi connectivity index (χ0v) is 14.4. The second-order valence-electron chi connectivity index (χ2n) is 6.57. The molecule has 0 radical (unpaired) electrons. The molecule has 2 rings (SSSR count). The largest absolute Gasteiger partial charge is 0.337 e. The number of para-hydroxylation sites is 1. The Balaban J connectivity index is 1.96. The van der Waals surface area contributed by atoms with E-state index in [1.165, 1.54) is 11.1 Å². The van der Waals surface area contributed by atoms with Gasteiger partial charge in [0.1, 0.15) is 0 Å². The normalized spacial score (nSPS) is 11.1. The predicted octanol–water partition coefficient (Wildman–Crippen LogP) is 4.66. The van der Waals surface area contributed by atoms with Crippen LogP contribution in [0, 0.1) is 6.92 Å². The Kier molecular flexibility index (Phi) is 5.43. The highest BCUT2D eigenvalue weighted by Crippen LogP contribution is 2.22. The standard InChI is InChI=1S/C20H26N2O/c1-5-16-8-6-7-9-18(16)22-19(23)21-14-20(3,4)17-12-10-15(2)11-13-17/h6-13H,5,14H2,1-4H3,(H2,21,22,23). The minimum atomic E-state index is -0.161. The Bertz CT molecular complexity index is 660. The average Bonchev–Trinajstić information content (AvgIpc) is 2.54. The number of carbonyl (C=O) groups is 1. The number of amides is 2. The molecule has 2 amide bonds. The Labute approximate surface area is 139 Å². The third-order valence-electron chi connectivity index (χ3n) is 4.17. The molecular weight excluding hydrogens is 284 g/mol. The summed E-state index contributed by atoms with van der Waals surface area (Å²) in [6.07, 6.45) is 0.894. The fourth-order valence-electron chi connectivity index (χ4n) is 2.53. The molecule has 0 heterocycles. The van der Waals surface area contributed by atoms with Gasteiger partial charge in [-0.05, 0) is 30.5 Å². The van der Waals surface area contributed by atoms with Gasteiger partial charge in [0.05, 0.1) is 0 Å². The van der Waals surface area contributed by atoms with Gasteiger partial charge in [0.25, 0.3) is 0 Å². The van der Waals surface area contributed by atoms with Crippen LogP contribution in [0.5, 0.6) is 0 Å². The number of carbonyl (C=O) groups excluding carboxylic acids is 1. The van der Waals surface area contributed by atoms with Crippen LogP contribution in [-0.4, -0.2) is 12.6 Å². The van der Waals surface area contributed by atoms with E-state index in [2.05, 4.69) is 62.6 Å². The first-order valence-electron chi connectivity index (χ1n) is 8.12. The molecule has 122 valence electrons. The summed E-state index contributed by atoms with van der Waals surface area (Å²) in [7, 11) is 0. The summed E-state index contributed by atoms with van der Waals surface area (Å²) in [6, 6.07) is 16.2. The molecule has 0 fully saturated rings. The smallest absolute Gasteiger partial charge is 0.319 e. The molecule has 0 unspecified atom stereocenters. The van der Waals surface area contributed by atoms with E-state index in [4.69, 9.17) is 0 Å². The van der Waals surface area contributed by atoms with Crippen molar-refractivity contribution in [2.45, 2.75) is 39.5 Å². The quantitative estimate of drug-likeness (QED) is 0.828. The molecule has 0 aliphatic rings. The third-order valence-corrected chi connectivity index (χ3v) is 4.17. The van der Waals surface area contributed by atoms with Crippen LogP contribution in [0.4, 0.5) is 10.5 Å². The van der Waals surface area contributed by atoms with Crippen LogP contribution < -0.4 is 10.6 Å². The Morgan fingerprint density at radius 1 is 1.04 bits per heavy atom. The van der Waals surface area contributed by atoms with Crippen LogP contribution >= 0.6 is 0 Å². The molecule has 0 aliphatic carbocycles. The van der Waals surface area contributed by atoms with E-state index in [1.54, 1.807) is 0 Å². The average molecular weight is 310 g/mol. The van der Waals surface area contributed by atoms with Crippen LogP contribution in [0.3, 0.4) is 0 Å². The van der Waals surface area contributed by atoms with Gasteiger partial charge in [-0.1, -0.05) is 68.8 Å². The second kappa shape index (κ2) is 7.32. The van der Waals surface area contributed by atoms with Gasteiger partial charge in [-0.2, -0.15) is 0 Å². The summed E-state index contributed by atoms with van der Waals surface area (Å²) in [5, 5.41) is 5.93. The van der Waals surface area contributed by atoms with Gasteiger partial charge in [0.2, 0.25) is 0 Å². The number of nitrogens with one attached hydrogen (secondary N) is 2. The number of aryl methyl sites for hydroxylation is 2. The molecule has 2 aromatic rings. The molecule has 0 spiro atoms. The number of hydrogen-bond acceptors (Lipinski definition) is 1. The van der Waals surface area contributed by atoms with E-state index in [9.17, 15) is 4.79 Å². The number of hydrogen-bond donors (Lipinski definition) is 2. The molecule has 0 atom stereocenters. The number of urea groups is 1. The van der Waals surface area contributed by atoms with Crippen LogP contribution in [0.15, 0.2) is 48.5 Å². The molecular formula is C20H26N2O. The Morgan fingerprint density at radius 3 is 2.35 bits per heavy atom. The van der Waals surface area contributed by atoms with Crippen molar-refractivity contribution in [1.82, 2.24) is 5.32 Å². The topological polar surface area (TPSA) is 41.1 Å². The van der Waals surface area contributed by atoms with E-state index in [1.807, 2.05) is 24.3 Å². The molecule has 0 saturated carbocycles. The van der Waals surface area contributed by atoms with Gasteiger partial charge in [-0.15, -0.1) is 0 Å². The monoisotopic (exact) mass is 310 g/mol. The summed E-state index contributed by atoms with van der Waals surface area (Å²) in [5.74, 6) is 0. The lowest BCUT2D eigenvalue weighted by atomic mass is 9.84. The minimum Gasteiger partial charge on any atom is -0.337 e. The van der Waals surface area contributed by atoms with Crippen molar-refractivity contribution in [3.05, 3.63) is 65.2 Å². The summed E-state index contributed by atoms with van der Waals surface area (Å²) in [4.78, 5) is 12.2. The highest BCUT2D eigenvalue weighted by molar-refractivity contribution is 5.90. The SMILES string of the molecule is CCc1ccccc1NC(=O)NCC(C)(C)c1ccc(C)cc1. The summed E-state index contributed by atoms with van der Waals surface area (Å²) >= 11 is 0. The van der Waals surface area contributed by atoms with Crippen molar-refractivity contribution in [2.75, 3.05) is 11.9 Å². The van der Waals surface area contributed by atoms with E-state index >= 15 is 0 Å². The lowest BCUT2D eigenvalue weighted by Gasteiger charge is -2.26. The van der Waals surface area contributed by atoms with Gasteiger partial charge in [0.15, 0.2) is 0 Å². The van der Waals surface area contributed by atoms with Gasteiger partial charge in [-0.25, -0.2) is 4.79 Å². The number of benzene rings is 2. The Hall–Kier alpha value is -2.29. The third kappa shape index (κ3) is 4.59. The predicted molar refractivity (Wildman–Crippen MR) is 97.0 cm³/mol. The molecule has 0 aromatic heterocycles. The first kappa shape index (κ1) is 17.1. The molecule has 3 nitrogen and oxygen atoms in total. The maximum Gasteiger partial charge on any atom is 0.319 e. The minimum absolute atomic E-state index is 0.116. The number of rotatable bonds is 5. The second-order valence-corrected chi connectivity index (χ2v) is 6.57. The van der Waals surface area contributed by atoms with Gasteiger partial charge < -0.3 is 10.6 Å². The molecule has 3 heteroatoms. The lowest BCUT2D eigenvalue weighted by Crippen LogP contribution is -2.39. The van der Waals surface area contributed by atoms with Crippen LogP contribution in [0.25, 0.3) is 0 Å². The van der Waals surface area contributed by atoms with Crippen LogP contribution in [0.2, 0.25) is 0 Å². The number of anilines is 1. The summed E-state index contributed by atoms with van der Waals surface area (Å²) in [5.41, 5.74) is 4.36. The van der Waals surface area contributed by atoms with E-state index in [0.717, 1.165) is 17.7 Å². The lowest BCUT2D eigenvalue weighted by molar-refractivity contribution is 0.249. The van der Waals surface area contributed by atoms with Crippen molar-refractivity contribution in [1.29, 1.82) is 0 Å². The first-order valence-corrected chi connectivity index (χ1v) is 8.12. The molecule has 2 aromatic carbocycles. The zero-order valence-electron chi connectivity index (χ0n) is 14.4. The zero-order chi connectivity index (χ0) is 16.9. The fourth-order valence-corrected chi connectivity index (χ4v) is 2.53. The van der Waals surface area contributed by atoms with Crippen LogP contribution in [0.1, 0.15) is 37.5 Å². The summed E-state index contributed by atoms with van der Waals surface area (Å²) < 4.78 is 0. The molecule has 0 aliphatic heterocycles. The highest BCUT2D eigenvalue weighted by Gasteiger charge is 2.21. The van der Waals surface area contributed by atoms with E-state index < -0.39 is 0 Å². The molecule has 0 saturated heterocycles. The molecule has 23 heavy (non-hydrogen) atoms. The van der Waals surface area contributed by atoms with E-state index in [-0.39, 0.29) is 11.4 Å². The molecule has 2 N–H and O–H groups in total. The maximum atomic E-state index is 12.2. The van der Waals surface area contributed by atoms with Crippen molar-refractivity contribution in [2.24, 2.45) is 0 Å². The van der Waals surface area contributed by atoms with Gasteiger partial charge in [0, 0.05) is 17.6 Å². The maximum absolute atomic E-state index is 12.2. The molecule has 0 bridgehead atoms. The Morgan fingerprint density at radius 2 is 1.70 bits per heavy atom. The summed E-state index contributed by atoms with van der Waals surface area (Å²) in [6.45, 7) is 9.01. The van der Waals surface area contributed by atoms with Crippen molar-refractivity contribution >= 4 is 11.7 Å². The van der Waals surface area contributed by atoms with Crippen LogP contribution in [-0.2, 0) is 11.8 Å². The van der Waals surface area contributed by atoms with E-state index in [0.29, 0.717) is 6.54 Å². The van der Waals surface area contributed by atoms with Crippen molar-refractivity contribution in [3.8, 4) is 0 Å². The van der Waals surface area contributed by atoms with Crippen molar-refractivity contribution in [3.63, 3.8) is 0 Å². The van der Waals surface area contributed by atoms with Gasteiger partial charge in [-0.3, -0.25) is 0 Å². The highest BCUT2D eigenvalue weighted by atomic mass is 16.2.